The number of rotatable bonds is 1. The molecule has 7 heteroatoms. The minimum Gasteiger partial charge on any atom is -0.466 e. The van der Waals surface area contributed by atoms with Gasteiger partial charge in [0.25, 0.3) is 5.56 Å². The third kappa shape index (κ3) is 1.10. The second-order valence-corrected chi connectivity index (χ2v) is 2.39. The zero-order valence-corrected chi connectivity index (χ0v) is 6.81. The smallest absolute Gasteiger partial charge is 0.337 e. The van der Waals surface area contributed by atoms with Crippen molar-refractivity contribution in [3.63, 3.8) is 0 Å². The van der Waals surface area contributed by atoms with Crippen molar-refractivity contribution in [3.8, 4) is 6.01 Å². The second-order valence-electron chi connectivity index (χ2n) is 2.39. The van der Waals surface area contributed by atoms with Gasteiger partial charge in [0.15, 0.2) is 0 Å². The van der Waals surface area contributed by atoms with Crippen LogP contribution < -0.4 is 16.0 Å². The number of methoxy groups -OCH3 is 1. The van der Waals surface area contributed by atoms with E-state index in [9.17, 15) is 4.79 Å². The Morgan fingerprint density at radius 3 is 3.15 bits per heavy atom. The van der Waals surface area contributed by atoms with Gasteiger partial charge in [0, 0.05) is 6.07 Å². The summed E-state index contributed by atoms with van der Waals surface area (Å²) >= 11 is 0. The maximum Gasteiger partial charge on any atom is 0.337 e. The molecule has 3 N–H and O–H groups in total. The zero-order valence-electron chi connectivity index (χ0n) is 6.81. The highest BCUT2D eigenvalue weighted by atomic mass is 16.5. The summed E-state index contributed by atoms with van der Waals surface area (Å²) in [4.78, 5) is 17.3. The third-order valence-electron chi connectivity index (χ3n) is 1.53. The summed E-state index contributed by atoms with van der Waals surface area (Å²) < 4.78 is 6.07. The van der Waals surface area contributed by atoms with Crippen molar-refractivity contribution < 1.29 is 4.74 Å². The van der Waals surface area contributed by atoms with Crippen LogP contribution in [0.1, 0.15) is 0 Å². The number of hydrogen-bond donors (Lipinski definition) is 2. The molecule has 7 nitrogen and oxygen atoms in total. The molecule has 68 valence electrons. The molecule has 0 aliphatic heterocycles. The lowest BCUT2D eigenvalue weighted by Crippen LogP contribution is -2.11. The predicted octanol–water partition coefficient (Wildman–Crippen LogP) is -0.992. The van der Waals surface area contributed by atoms with Gasteiger partial charge in [-0.15, -0.1) is 5.10 Å². The summed E-state index contributed by atoms with van der Waals surface area (Å²) in [5.41, 5.74) is 5.19. The van der Waals surface area contributed by atoms with E-state index in [1.807, 2.05) is 0 Å². The molecule has 0 aliphatic rings. The predicted molar refractivity (Wildman–Crippen MR) is 44.6 cm³/mol. The van der Waals surface area contributed by atoms with E-state index in [4.69, 9.17) is 10.5 Å². The highest BCUT2D eigenvalue weighted by molar-refractivity contribution is 5.39. The fraction of sp³-hybridized carbons (Fsp3) is 0.167. The fourth-order valence-corrected chi connectivity index (χ4v) is 0.982. The largest absolute Gasteiger partial charge is 0.466 e. The normalized spacial score (nSPS) is 10.5. The van der Waals surface area contributed by atoms with Crippen LogP contribution in [0.4, 0.5) is 5.82 Å². The van der Waals surface area contributed by atoms with Crippen LogP contribution in [0, 0.1) is 0 Å². The molecule has 2 aromatic rings. The quantitative estimate of drug-likeness (QED) is 0.588. The van der Waals surface area contributed by atoms with Crippen LogP contribution in [0.5, 0.6) is 6.01 Å². The summed E-state index contributed by atoms with van der Waals surface area (Å²) in [6.45, 7) is 0. The molecule has 0 saturated carbocycles. The first-order valence-corrected chi connectivity index (χ1v) is 3.50. The maximum atomic E-state index is 10.9. The van der Waals surface area contributed by atoms with Crippen LogP contribution in [0.25, 0.3) is 5.78 Å². The van der Waals surface area contributed by atoms with E-state index in [0.717, 1.165) is 0 Å². The number of ether oxygens (including phenoxy) is 1. The second kappa shape index (κ2) is 2.47. The number of fused-ring (bicyclic) bond motifs is 1. The average Bonchev–Trinajstić information content (AvgIpc) is 2.47. The Bertz CT molecular complexity index is 499. The van der Waals surface area contributed by atoms with Crippen molar-refractivity contribution in [2.24, 2.45) is 0 Å². The molecule has 0 atom stereocenters. The molecule has 0 radical (unpaired) electrons. The summed E-state index contributed by atoms with van der Waals surface area (Å²) in [6.07, 6.45) is 0. The number of nitrogens with zero attached hydrogens (tertiary/aromatic N) is 3. The summed E-state index contributed by atoms with van der Waals surface area (Å²) in [7, 11) is 1.43. The van der Waals surface area contributed by atoms with Crippen LogP contribution in [0.2, 0.25) is 0 Å². The molecule has 2 aromatic heterocycles. The fourth-order valence-electron chi connectivity index (χ4n) is 0.982. The van der Waals surface area contributed by atoms with Crippen molar-refractivity contribution >= 4 is 11.6 Å². The highest BCUT2D eigenvalue weighted by Gasteiger charge is 2.06. The lowest BCUT2D eigenvalue weighted by atomic mass is 10.6. The van der Waals surface area contributed by atoms with Gasteiger partial charge in [-0.25, -0.2) is 0 Å². The lowest BCUT2D eigenvalue weighted by Gasteiger charge is -1.93. The molecule has 2 heterocycles. The van der Waals surface area contributed by atoms with Gasteiger partial charge in [0.1, 0.15) is 5.82 Å². The Kier molecular flexibility index (Phi) is 1.44. The number of nitrogens with one attached hydrogen (secondary N) is 1. The SMILES string of the molecule is COc1nc2[nH]c(=O)cc(N)n2n1. The van der Waals surface area contributed by atoms with Crippen LogP contribution in [-0.4, -0.2) is 26.7 Å². The molecule has 2 rings (SSSR count). The molecule has 0 saturated heterocycles. The Morgan fingerprint density at radius 1 is 1.69 bits per heavy atom. The van der Waals surface area contributed by atoms with E-state index in [-0.39, 0.29) is 23.2 Å². The van der Waals surface area contributed by atoms with E-state index in [1.54, 1.807) is 0 Å². The van der Waals surface area contributed by atoms with Crippen LogP contribution >= 0.6 is 0 Å². The molecular formula is C6H7N5O2. The number of aromatic nitrogens is 4. The molecule has 0 spiro atoms. The van der Waals surface area contributed by atoms with Crippen molar-refractivity contribution in [1.82, 2.24) is 19.6 Å². The number of nitrogens with two attached hydrogens (primary N) is 1. The van der Waals surface area contributed by atoms with Gasteiger partial charge in [-0.05, 0) is 0 Å². The zero-order chi connectivity index (χ0) is 9.42. The first-order chi connectivity index (χ1) is 6.20. The van der Waals surface area contributed by atoms with Gasteiger partial charge < -0.3 is 10.5 Å². The van der Waals surface area contributed by atoms with Crippen LogP contribution in [0.15, 0.2) is 10.9 Å². The number of anilines is 1. The first kappa shape index (κ1) is 7.59. The van der Waals surface area contributed by atoms with Gasteiger partial charge >= 0.3 is 6.01 Å². The van der Waals surface area contributed by atoms with E-state index in [2.05, 4.69) is 15.1 Å². The number of aromatic amines is 1. The van der Waals surface area contributed by atoms with Gasteiger partial charge in [0.05, 0.1) is 7.11 Å². The Hall–Kier alpha value is -2.05. The van der Waals surface area contributed by atoms with Crippen molar-refractivity contribution in [3.05, 3.63) is 16.4 Å². The Balaban J connectivity index is 2.83. The van der Waals surface area contributed by atoms with Crippen molar-refractivity contribution in [2.45, 2.75) is 0 Å². The summed E-state index contributed by atoms with van der Waals surface area (Å²) in [6, 6.07) is 1.38. The van der Waals surface area contributed by atoms with E-state index in [1.165, 1.54) is 17.7 Å². The molecule has 13 heavy (non-hydrogen) atoms. The molecule has 0 aliphatic carbocycles. The molecular weight excluding hydrogens is 174 g/mol. The van der Waals surface area contributed by atoms with Crippen molar-refractivity contribution in [1.29, 1.82) is 0 Å². The molecule has 0 bridgehead atoms. The average molecular weight is 181 g/mol. The minimum atomic E-state index is -0.319. The molecule has 0 unspecified atom stereocenters. The molecule has 0 aromatic carbocycles. The lowest BCUT2D eigenvalue weighted by molar-refractivity contribution is 0.381. The highest BCUT2D eigenvalue weighted by Crippen LogP contribution is 2.05. The number of nitrogen functional groups attached to an aromatic ring is 1. The minimum absolute atomic E-state index is 0.161. The van der Waals surface area contributed by atoms with Gasteiger partial charge in [-0.3, -0.25) is 9.78 Å². The third-order valence-corrected chi connectivity index (χ3v) is 1.53. The number of hydrogen-bond acceptors (Lipinski definition) is 5. The van der Waals surface area contributed by atoms with Gasteiger partial charge in [-0.2, -0.15) is 9.50 Å². The molecule has 0 fully saturated rings. The van der Waals surface area contributed by atoms with Gasteiger partial charge in [0.2, 0.25) is 5.78 Å². The maximum absolute atomic E-state index is 10.9. The van der Waals surface area contributed by atoms with Crippen LogP contribution in [0.3, 0.4) is 0 Å². The molecule has 0 amide bonds. The Labute approximate surface area is 72.2 Å². The standard InChI is InChI=1S/C6H7N5O2/c1-13-6-9-5-8-4(12)2-3(7)11(5)10-6/h2H,7H2,1H3,(H,8,9,10,12). The van der Waals surface area contributed by atoms with Crippen molar-refractivity contribution in [2.75, 3.05) is 12.8 Å². The van der Waals surface area contributed by atoms with E-state index < -0.39 is 0 Å². The first-order valence-electron chi connectivity index (χ1n) is 3.50. The summed E-state index contributed by atoms with van der Waals surface area (Å²) in [5.74, 6) is 0.483. The van der Waals surface area contributed by atoms with E-state index in [0.29, 0.717) is 0 Å². The Morgan fingerprint density at radius 2 is 2.46 bits per heavy atom. The monoisotopic (exact) mass is 181 g/mol. The topological polar surface area (TPSA) is 98.3 Å². The van der Waals surface area contributed by atoms with E-state index >= 15 is 0 Å². The van der Waals surface area contributed by atoms with Gasteiger partial charge in [-0.1, -0.05) is 0 Å². The summed E-state index contributed by atoms with van der Waals surface area (Å²) in [5, 5.41) is 3.86. The van der Waals surface area contributed by atoms with Crippen LogP contribution in [-0.2, 0) is 0 Å². The number of H-pyrrole nitrogens is 1.